The molecule has 0 spiro atoms. The molecule has 3 N–H and O–H groups in total. The lowest BCUT2D eigenvalue weighted by Crippen LogP contribution is -2.60. The molecule has 2 heterocycles. The van der Waals surface area contributed by atoms with E-state index in [0.717, 1.165) is 38.9 Å². The molecule has 1 unspecified atom stereocenters. The van der Waals surface area contributed by atoms with E-state index < -0.39 is 0 Å². The van der Waals surface area contributed by atoms with Gasteiger partial charge < -0.3 is 20.9 Å². The molecule has 0 radical (unpaired) electrons. The zero-order valence-electron chi connectivity index (χ0n) is 12.3. The van der Waals surface area contributed by atoms with E-state index in [-0.39, 0.29) is 11.4 Å². The van der Waals surface area contributed by atoms with Crippen molar-refractivity contribution in [3.05, 3.63) is 0 Å². The molecule has 0 aromatic rings. The van der Waals surface area contributed by atoms with Gasteiger partial charge in [-0.3, -0.25) is 4.79 Å². The number of amides is 1. The molecule has 5 heteroatoms. The molecule has 0 aromatic heterocycles. The Hall–Kier alpha value is -0.650. The van der Waals surface area contributed by atoms with Crippen molar-refractivity contribution in [2.75, 3.05) is 40.3 Å². The van der Waals surface area contributed by atoms with Crippen LogP contribution in [0.1, 0.15) is 32.1 Å². The monoisotopic (exact) mass is 268 g/mol. The number of nitrogens with zero attached hydrogens (tertiary/aromatic N) is 1. The normalized spacial score (nSPS) is 27.4. The number of likely N-dealkylation sites (tertiary alicyclic amines) is 1. The Morgan fingerprint density at radius 2 is 2.16 bits per heavy atom. The summed E-state index contributed by atoms with van der Waals surface area (Å²) in [4.78, 5) is 14.8. The Balaban J connectivity index is 1.76. The second kappa shape index (κ2) is 6.68. The number of rotatable bonds is 5. The number of carbonyl (C=O) groups is 1. The minimum absolute atomic E-state index is 0.178. The van der Waals surface area contributed by atoms with Gasteiger partial charge in [0.1, 0.15) is 0 Å². The smallest absolute Gasteiger partial charge is 0.240 e. The first-order valence-corrected chi connectivity index (χ1v) is 7.56. The van der Waals surface area contributed by atoms with Crippen molar-refractivity contribution in [1.29, 1.82) is 0 Å². The molecule has 2 aliphatic heterocycles. The van der Waals surface area contributed by atoms with Crippen LogP contribution in [0.5, 0.6) is 0 Å². The van der Waals surface area contributed by atoms with Crippen molar-refractivity contribution in [3.8, 4) is 0 Å². The van der Waals surface area contributed by atoms with E-state index in [0.29, 0.717) is 6.04 Å². The Morgan fingerprint density at radius 1 is 1.42 bits per heavy atom. The number of carbonyl (C=O) groups excluding carboxylic acids is 1. The van der Waals surface area contributed by atoms with Gasteiger partial charge in [0.15, 0.2) is 0 Å². The quantitative estimate of drug-likeness (QED) is 0.653. The van der Waals surface area contributed by atoms with Gasteiger partial charge in [0.05, 0.1) is 5.54 Å². The highest BCUT2D eigenvalue weighted by atomic mass is 16.2. The minimum Gasteiger partial charge on any atom is -0.354 e. The second-order valence-corrected chi connectivity index (χ2v) is 5.90. The third kappa shape index (κ3) is 3.46. The zero-order chi connectivity index (χ0) is 13.7. The summed E-state index contributed by atoms with van der Waals surface area (Å²) in [5.41, 5.74) is -0.354. The molecule has 1 amide bonds. The first-order chi connectivity index (χ1) is 9.18. The van der Waals surface area contributed by atoms with Crippen molar-refractivity contribution in [1.82, 2.24) is 20.9 Å². The van der Waals surface area contributed by atoms with Crippen LogP contribution < -0.4 is 16.0 Å². The van der Waals surface area contributed by atoms with Crippen molar-refractivity contribution in [2.24, 2.45) is 0 Å². The Bertz CT molecular complexity index is 302. The van der Waals surface area contributed by atoms with Gasteiger partial charge in [-0.2, -0.15) is 0 Å². The van der Waals surface area contributed by atoms with E-state index in [1.807, 2.05) is 7.05 Å². The number of hydrogen-bond acceptors (Lipinski definition) is 4. The Kier molecular flexibility index (Phi) is 5.19. The van der Waals surface area contributed by atoms with Gasteiger partial charge in [0.2, 0.25) is 5.91 Å². The van der Waals surface area contributed by atoms with Crippen LogP contribution in [-0.4, -0.2) is 62.7 Å². The molecule has 110 valence electrons. The first kappa shape index (κ1) is 14.8. The Morgan fingerprint density at radius 3 is 2.74 bits per heavy atom. The lowest BCUT2D eigenvalue weighted by Gasteiger charge is -2.36. The van der Waals surface area contributed by atoms with Crippen molar-refractivity contribution < 1.29 is 4.79 Å². The maximum absolute atomic E-state index is 12.4. The lowest BCUT2D eigenvalue weighted by atomic mass is 9.87. The summed E-state index contributed by atoms with van der Waals surface area (Å²) in [5.74, 6) is 0.178. The van der Waals surface area contributed by atoms with Gasteiger partial charge in [-0.1, -0.05) is 0 Å². The summed E-state index contributed by atoms with van der Waals surface area (Å²) >= 11 is 0. The molecule has 0 saturated carbocycles. The molecule has 1 atom stereocenters. The molecule has 2 aliphatic rings. The molecule has 0 bridgehead atoms. The summed E-state index contributed by atoms with van der Waals surface area (Å²) in [6.45, 7) is 3.83. The molecule has 19 heavy (non-hydrogen) atoms. The predicted molar refractivity (Wildman–Crippen MR) is 77.2 cm³/mol. The summed E-state index contributed by atoms with van der Waals surface area (Å²) in [6, 6.07) is 0.652. The zero-order valence-corrected chi connectivity index (χ0v) is 12.3. The number of nitrogens with one attached hydrogen (secondary N) is 3. The number of piperidine rings is 1. The molecule has 0 aromatic carbocycles. The minimum atomic E-state index is -0.354. The van der Waals surface area contributed by atoms with Gasteiger partial charge in [0.25, 0.3) is 0 Å². The van der Waals surface area contributed by atoms with Crippen LogP contribution in [0.2, 0.25) is 0 Å². The fourth-order valence-electron chi connectivity index (χ4n) is 3.31. The SMILES string of the molecule is CNC1(C(=O)NCCC2CCCN2C)CCNCC1. The maximum atomic E-state index is 12.4. The lowest BCUT2D eigenvalue weighted by molar-refractivity contribution is -0.128. The number of likely N-dealkylation sites (N-methyl/N-ethyl adjacent to an activating group) is 1. The van der Waals surface area contributed by atoms with E-state index >= 15 is 0 Å². The second-order valence-electron chi connectivity index (χ2n) is 5.90. The summed E-state index contributed by atoms with van der Waals surface area (Å²) in [5, 5.41) is 9.69. The molecule has 2 fully saturated rings. The average Bonchev–Trinajstić information content (AvgIpc) is 2.85. The van der Waals surface area contributed by atoms with E-state index in [9.17, 15) is 4.79 Å². The van der Waals surface area contributed by atoms with Crippen molar-refractivity contribution in [2.45, 2.75) is 43.7 Å². The van der Waals surface area contributed by atoms with Crippen LogP contribution in [0.15, 0.2) is 0 Å². The topological polar surface area (TPSA) is 56.4 Å². The van der Waals surface area contributed by atoms with Gasteiger partial charge in [-0.15, -0.1) is 0 Å². The van der Waals surface area contributed by atoms with E-state index in [4.69, 9.17) is 0 Å². The highest BCUT2D eigenvalue weighted by molar-refractivity contribution is 5.86. The van der Waals surface area contributed by atoms with Crippen molar-refractivity contribution >= 4 is 5.91 Å². The van der Waals surface area contributed by atoms with Gasteiger partial charge in [0, 0.05) is 12.6 Å². The summed E-state index contributed by atoms with van der Waals surface area (Å²) in [6.07, 6.45) is 5.38. The average molecular weight is 268 g/mol. The maximum Gasteiger partial charge on any atom is 0.240 e. The van der Waals surface area contributed by atoms with Crippen LogP contribution in [-0.2, 0) is 4.79 Å². The summed E-state index contributed by atoms with van der Waals surface area (Å²) < 4.78 is 0. The van der Waals surface area contributed by atoms with E-state index in [1.54, 1.807) is 0 Å². The van der Waals surface area contributed by atoms with Crippen LogP contribution >= 0.6 is 0 Å². The third-order valence-electron chi connectivity index (χ3n) is 4.80. The van der Waals surface area contributed by atoms with Crippen LogP contribution in [0.3, 0.4) is 0 Å². The van der Waals surface area contributed by atoms with E-state index in [2.05, 4.69) is 27.9 Å². The molecular formula is C14H28N4O. The van der Waals surface area contributed by atoms with Gasteiger partial charge in [-0.05, 0) is 65.8 Å². The highest BCUT2D eigenvalue weighted by Crippen LogP contribution is 2.19. The fraction of sp³-hybridized carbons (Fsp3) is 0.929. The Labute approximate surface area is 116 Å². The third-order valence-corrected chi connectivity index (χ3v) is 4.80. The molecule has 5 nitrogen and oxygen atoms in total. The predicted octanol–water partition coefficient (Wildman–Crippen LogP) is -0.0715. The largest absolute Gasteiger partial charge is 0.354 e. The van der Waals surface area contributed by atoms with Gasteiger partial charge in [-0.25, -0.2) is 0 Å². The molecular weight excluding hydrogens is 240 g/mol. The highest BCUT2D eigenvalue weighted by Gasteiger charge is 2.37. The molecule has 2 saturated heterocycles. The fourth-order valence-corrected chi connectivity index (χ4v) is 3.31. The first-order valence-electron chi connectivity index (χ1n) is 7.56. The number of hydrogen-bond donors (Lipinski definition) is 3. The van der Waals surface area contributed by atoms with E-state index in [1.165, 1.54) is 19.4 Å². The standard InChI is InChI=1S/C14H28N4O/c1-15-14(6-9-16-10-7-14)13(19)17-8-5-12-4-3-11-18(12)2/h12,15-16H,3-11H2,1-2H3,(H,17,19). The summed E-state index contributed by atoms with van der Waals surface area (Å²) in [7, 11) is 4.08. The van der Waals surface area contributed by atoms with Crippen LogP contribution in [0.25, 0.3) is 0 Å². The van der Waals surface area contributed by atoms with Gasteiger partial charge >= 0.3 is 0 Å². The van der Waals surface area contributed by atoms with Crippen LogP contribution in [0.4, 0.5) is 0 Å². The molecule has 2 rings (SSSR count). The molecule has 0 aliphatic carbocycles. The van der Waals surface area contributed by atoms with Crippen LogP contribution in [0, 0.1) is 0 Å². The van der Waals surface area contributed by atoms with Crippen molar-refractivity contribution in [3.63, 3.8) is 0 Å².